The number of hydrogen-bond acceptors (Lipinski definition) is 4. The van der Waals surface area contributed by atoms with E-state index in [9.17, 15) is 0 Å². The van der Waals surface area contributed by atoms with E-state index in [-0.39, 0.29) is 12.2 Å². The fourth-order valence-corrected chi connectivity index (χ4v) is 3.66. The Morgan fingerprint density at radius 2 is 1.89 bits per heavy atom. The summed E-state index contributed by atoms with van der Waals surface area (Å²) in [7, 11) is 1.69. The van der Waals surface area contributed by atoms with Crippen molar-refractivity contribution in [2.45, 2.75) is 32.6 Å². The molecule has 4 nitrogen and oxygen atoms in total. The van der Waals surface area contributed by atoms with E-state index in [4.69, 9.17) is 4.74 Å². The smallest absolute Gasteiger partial charge is 0.137 e. The van der Waals surface area contributed by atoms with Gasteiger partial charge in [-0.3, -0.25) is 9.98 Å². The number of fused-ring (bicyclic) bond motifs is 1. The van der Waals surface area contributed by atoms with E-state index in [1.165, 1.54) is 21.9 Å². The van der Waals surface area contributed by atoms with Crippen LogP contribution in [0.25, 0.3) is 10.8 Å². The van der Waals surface area contributed by atoms with Crippen LogP contribution in [0, 0.1) is 0 Å². The number of hydrogen-bond donors (Lipinski definition) is 1. The number of benzene rings is 3. The number of methoxy groups -OCH3 is 1. The van der Waals surface area contributed by atoms with Crippen LogP contribution in [0.15, 0.2) is 70.6 Å². The molecule has 4 heteroatoms. The van der Waals surface area contributed by atoms with Gasteiger partial charge in [-0.2, -0.15) is 0 Å². The number of aliphatic imine (C=N–C) groups is 2. The Kier molecular flexibility index (Phi) is 5.22. The first-order valence-corrected chi connectivity index (χ1v) is 9.65. The van der Waals surface area contributed by atoms with Crippen molar-refractivity contribution in [2.24, 2.45) is 9.98 Å². The van der Waals surface area contributed by atoms with Gasteiger partial charge in [0.25, 0.3) is 0 Å². The summed E-state index contributed by atoms with van der Waals surface area (Å²) in [6.07, 6.45) is 1.81. The van der Waals surface area contributed by atoms with E-state index in [1.54, 1.807) is 7.11 Å². The highest BCUT2D eigenvalue weighted by Gasteiger charge is 2.15. The Hall–Kier alpha value is -2.98. The van der Waals surface area contributed by atoms with Gasteiger partial charge >= 0.3 is 0 Å². The molecule has 4 rings (SSSR count). The highest BCUT2D eigenvalue weighted by Crippen LogP contribution is 2.26. The summed E-state index contributed by atoms with van der Waals surface area (Å²) in [5.74, 6) is 0.824. The van der Waals surface area contributed by atoms with Crippen molar-refractivity contribution < 1.29 is 4.74 Å². The van der Waals surface area contributed by atoms with Crippen molar-refractivity contribution in [3.05, 3.63) is 77.4 Å². The number of rotatable bonds is 6. The lowest BCUT2D eigenvalue weighted by Gasteiger charge is -2.17. The van der Waals surface area contributed by atoms with Crippen LogP contribution in [0.2, 0.25) is 0 Å². The molecule has 1 heterocycles. The van der Waals surface area contributed by atoms with Crippen LogP contribution in [-0.2, 0) is 6.54 Å². The Bertz CT molecular complexity index is 1050. The summed E-state index contributed by atoms with van der Waals surface area (Å²) < 4.78 is 5.53. The third kappa shape index (κ3) is 3.69. The van der Waals surface area contributed by atoms with Gasteiger partial charge in [0.1, 0.15) is 11.9 Å². The minimum absolute atomic E-state index is 0.0205. The molecule has 0 spiro atoms. The minimum atomic E-state index is -0.0205. The van der Waals surface area contributed by atoms with Crippen molar-refractivity contribution in [1.29, 1.82) is 0 Å². The van der Waals surface area contributed by atoms with Crippen molar-refractivity contribution in [3.63, 3.8) is 0 Å². The van der Waals surface area contributed by atoms with Gasteiger partial charge < -0.3 is 10.1 Å². The van der Waals surface area contributed by atoms with Gasteiger partial charge in [0.15, 0.2) is 0 Å². The molecule has 0 fully saturated rings. The van der Waals surface area contributed by atoms with E-state index in [1.807, 2.05) is 19.2 Å². The van der Waals surface area contributed by atoms with Crippen LogP contribution < -0.4 is 10.1 Å². The quantitative estimate of drug-likeness (QED) is 0.668. The van der Waals surface area contributed by atoms with Crippen LogP contribution in [0.4, 0.5) is 0 Å². The van der Waals surface area contributed by atoms with Crippen molar-refractivity contribution >= 4 is 22.7 Å². The van der Waals surface area contributed by atoms with Crippen LogP contribution in [-0.4, -0.2) is 25.2 Å². The predicted molar refractivity (Wildman–Crippen MR) is 117 cm³/mol. The maximum Gasteiger partial charge on any atom is 0.137 e. The highest BCUT2D eigenvalue weighted by molar-refractivity contribution is 6.40. The van der Waals surface area contributed by atoms with Gasteiger partial charge in [0.2, 0.25) is 0 Å². The Morgan fingerprint density at radius 3 is 2.68 bits per heavy atom. The largest absolute Gasteiger partial charge is 0.496 e. The lowest BCUT2D eigenvalue weighted by atomic mass is 9.99. The zero-order valence-corrected chi connectivity index (χ0v) is 16.5. The first kappa shape index (κ1) is 18.4. The number of ether oxygens (including phenoxy) is 1. The maximum absolute atomic E-state index is 5.53. The van der Waals surface area contributed by atoms with Crippen LogP contribution in [0.5, 0.6) is 5.75 Å². The molecule has 0 bridgehead atoms. The molecule has 1 unspecified atom stereocenters. The SMILES string of the molecule is COc1ccc(CN[C@H](C)c2cccc3ccccc23)cc1C1=NC(C)N=C1. The normalized spacial score (nSPS) is 17.0. The Balaban J connectivity index is 1.55. The molecule has 28 heavy (non-hydrogen) atoms. The van der Waals surface area contributed by atoms with Crippen LogP contribution >= 0.6 is 0 Å². The van der Waals surface area contributed by atoms with Gasteiger partial charge in [0, 0.05) is 24.4 Å². The molecule has 2 atom stereocenters. The van der Waals surface area contributed by atoms with Gasteiger partial charge in [-0.15, -0.1) is 0 Å². The second-order valence-electron chi connectivity index (χ2n) is 7.13. The number of nitrogens with one attached hydrogen (secondary N) is 1. The van der Waals surface area contributed by atoms with Crippen LogP contribution in [0.1, 0.15) is 36.6 Å². The molecule has 1 N–H and O–H groups in total. The summed E-state index contributed by atoms with van der Waals surface area (Å²) in [6.45, 7) is 4.95. The van der Waals surface area contributed by atoms with E-state index in [2.05, 4.69) is 76.8 Å². The van der Waals surface area contributed by atoms with E-state index >= 15 is 0 Å². The summed E-state index contributed by atoms with van der Waals surface area (Å²) in [4.78, 5) is 8.92. The van der Waals surface area contributed by atoms with E-state index < -0.39 is 0 Å². The first-order chi connectivity index (χ1) is 13.7. The molecule has 0 aliphatic carbocycles. The first-order valence-electron chi connectivity index (χ1n) is 9.65. The summed E-state index contributed by atoms with van der Waals surface area (Å²) >= 11 is 0. The summed E-state index contributed by atoms with van der Waals surface area (Å²) in [5.41, 5.74) is 4.38. The van der Waals surface area contributed by atoms with Crippen LogP contribution in [0.3, 0.4) is 0 Å². The van der Waals surface area contributed by atoms with Crippen molar-refractivity contribution in [2.75, 3.05) is 7.11 Å². The van der Waals surface area contributed by atoms with Gasteiger partial charge in [-0.25, -0.2) is 0 Å². The van der Waals surface area contributed by atoms with Gasteiger partial charge in [-0.05, 0) is 47.9 Å². The fourth-order valence-electron chi connectivity index (χ4n) is 3.66. The zero-order chi connectivity index (χ0) is 19.5. The molecule has 0 aromatic heterocycles. The predicted octanol–water partition coefficient (Wildman–Crippen LogP) is 4.92. The Labute approximate surface area is 166 Å². The molecule has 0 radical (unpaired) electrons. The Morgan fingerprint density at radius 1 is 1.07 bits per heavy atom. The molecule has 0 amide bonds. The average molecular weight is 371 g/mol. The fraction of sp³-hybridized carbons (Fsp3) is 0.250. The van der Waals surface area contributed by atoms with Crippen molar-refractivity contribution in [3.8, 4) is 5.75 Å². The molecule has 0 saturated carbocycles. The second-order valence-corrected chi connectivity index (χ2v) is 7.13. The summed E-state index contributed by atoms with van der Waals surface area (Å²) in [5, 5.41) is 6.23. The third-order valence-electron chi connectivity index (χ3n) is 5.18. The molecular formula is C24H25N3O. The second kappa shape index (κ2) is 7.95. The molecule has 1 aliphatic heterocycles. The molecule has 142 valence electrons. The highest BCUT2D eigenvalue weighted by atomic mass is 16.5. The van der Waals surface area contributed by atoms with Crippen molar-refractivity contribution in [1.82, 2.24) is 5.32 Å². The molecule has 3 aromatic carbocycles. The molecule has 3 aromatic rings. The lowest BCUT2D eigenvalue weighted by molar-refractivity contribution is 0.413. The zero-order valence-electron chi connectivity index (χ0n) is 16.5. The standard InChI is InChI=1S/C24H25N3O/c1-16(20-10-6-8-19-7-4-5-9-21(19)20)25-14-18-11-12-24(28-3)22(13-18)23-15-26-17(2)27-23/h4-13,15-17,25H,14H2,1-3H3/t16-,17?/m1/s1. The maximum atomic E-state index is 5.53. The lowest BCUT2D eigenvalue weighted by Crippen LogP contribution is -2.18. The van der Waals surface area contributed by atoms with Gasteiger partial charge in [0.05, 0.1) is 12.8 Å². The third-order valence-corrected chi connectivity index (χ3v) is 5.18. The molecular weight excluding hydrogens is 346 g/mol. The average Bonchev–Trinajstić information content (AvgIpc) is 3.17. The molecule has 1 aliphatic rings. The molecule has 0 saturated heterocycles. The van der Waals surface area contributed by atoms with Gasteiger partial charge in [-0.1, -0.05) is 48.5 Å². The van der Waals surface area contributed by atoms with E-state index in [0.717, 1.165) is 23.6 Å². The monoisotopic (exact) mass is 371 g/mol. The summed E-state index contributed by atoms with van der Waals surface area (Å²) in [6, 6.07) is 21.5. The minimum Gasteiger partial charge on any atom is -0.496 e. The number of nitrogens with zero attached hydrogens (tertiary/aromatic N) is 2. The topological polar surface area (TPSA) is 46.0 Å². The van der Waals surface area contributed by atoms with E-state index in [0.29, 0.717) is 0 Å².